The van der Waals surface area contributed by atoms with Crippen molar-refractivity contribution in [2.75, 3.05) is 18.2 Å². The van der Waals surface area contributed by atoms with Gasteiger partial charge in [-0.3, -0.25) is 4.79 Å². The second-order valence-corrected chi connectivity index (χ2v) is 4.71. The van der Waals surface area contributed by atoms with Gasteiger partial charge in [0.15, 0.2) is 0 Å². The van der Waals surface area contributed by atoms with Crippen molar-refractivity contribution in [3.63, 3.8) is 0 Å². The summed E-state index contributed by atoms with van der Waals surface area (Å²) in [6, 6.07) is 10.8. The first-order valence-corrected chi connectivity index (χ1v) is 6.33. The van der Waals surface area contributed by atoms with Crippen LogP contribution < -0.4 is 15.8 Å². The maximum Gasteiger partial charge on any atom is 0.255 e. The van der Waals surface area contributed by atoms with Gasteiger partial charge in [-0.1, -0.05) is 6.07 Å². The molecule has 0 fully saturated rings. The number of hydrogen-bond donors (Lipinski definition) is 2. The highest BCUT2D eigenvalue weighted by Crippen LogP contribution is 2.24. The summed E-state index contributed by atoms with van der Waals surface area (Å²) in [6.45, 7) is 3.99. The zero-order valence-electron chi connectivity index (χ0n) is 11.9. The van der Waals surface area contributed by atoms with Crippen molar-refractivity contribution in [2.24, 2.45) is 0 Å². The number of carbonyl (C=O) groups is 1. The van der Waals surface area contributed by atoms with E-state index in [1.165, 1.54) is 0 Å². The highest BCUT2D eigenvalue weighted by Gasteiger charge is 2.09. The Hall–Kier alpha value is -2.49. The summed E-state index contributed by atoms with van der Waals surface area (Å²) in [7, 11) is 1.57. The monoisotopic (exact) mass is 270 g/mol. The van der Waals surface area contributed by atoms with Gasteiger partial charge in [-0.05, 0) is 49.2 Å². The molecular formula is C16H18N2O2. The lowest BCUT2D eigenvalue weighted by molar-refractivity contribution is 0.102. The highest BCUT2D eigenvalue weighted by atomic mass is 16.5. The molecule has 4 heteroatoms. The molecule has 0 heterocycles. The molecule has 0 aliphatic carbocycles. The van der Waals surface area contributed by atoms with Crippen molar-refractivity contribution >= 4 is 17.3 Å². The SMILES string of the molecule is COc1ccc(NC(=O)c2ccc(C)c(C)c2)c(N)c1. The number of methoxy groups -OCH3 is 1. The van der Waals surface area contributed by atoms with Crippen molar-refractivity contribution in [3.8, 4) is 5.75 Å². The number of nitrogens with two attached hydrogens (primary N) is 1. The molecule has 104 valence electrons. The maximum absolute atomic E-state index is 12.2. The molecule has 20 heavy (non-hydrogen) atoms. The van der Waals surface area contributed by atoms with E-state index in [1.807, 2.05) is 26.0 Å². The smallest absolute Gasteiger partial charge is 0.255 e. The van der Waals surface area contributed by atoms with Gasteiger partial charge < -0.3 is 15.8 Å². The lowest BCUT2D eigenvalue weighted by Gasteiger charge is -2.10. The van der Waals surface area contributed by atoms with E-state index in [0.717, 1.165) is 11.1 Å². The standard InChI is InChI=1S/C16H18N2O2/c1-10-4-5-12(8-11(10)2)16(19)18-15-7-6-13(20-3)9-14(15)17/h4-9H,17H2,1-3H3,(H,18,19). The molecule has 3 N–H and O–H groups in total. The third-order valence-corrected chi connectivity index (χ3v) is 3.28. The number of rotatable bonds is 3. The molecule has 2 aromatic rings. The molecule has 1 amide bonds. The zero-order valence-corrected chi connectivity index (χ0v) is 11.9. The molecule has 0 bridgehead atoms. The maximum atomic E-state index is 12.2. The van der Waals surface area contributed by atoms with Gasteiger partial charge >= 0.3 is 0 Å². The number of nitrogen functional groups attached to an aromatic ring is 1. The lowest BCUT2D eigenvalue weighted by atomic mass is 10.1. The molecule has 0 radical (unpaired) electrons. The number of carbonyl (C=O) groups excluding carboxylic acids is 1. The highest BCUT2D eigenvalue weighted by molar-refractivity contribution is 6.05. The predicted octanol–water partition coefficient (Wildman–Crippen LogP) is 3.15. The summed E-state index contributed by atoms with van der Waals surface area (Å²) in [5.74, 6) is 0.483. The van der Waals surface area contributed by atoms with Crippen LogP contribution in [-0.2, 0) is 0 Å². The Morgan fingerprint density at radius 3 is 2.45 bits per heavy atom. The fourth-order valence-electron chi connectivity index (χ4n) is 1.86. The Balaban J connectivity index is 2.21. The number of anilines is 2. The Bertz CT molecular complexity index is 651. The van der Waals surface area contributed by atoms with Crippen molar-refractivity contribution in [1.29, 1.82) is 0 Å². The number of nitrogens with one attached hydrogen (secondary N) is 1. The number of aryl methyl sites for hydroxylation is 2. The molecule has 0 saturated heterocycles. The fraction of sp³-hybridized carbons (Fsp3) is 0.188. The van der Waals surface area contributed by atoms with E-state index in [2.05, 4.69) is 5.32 Å². The Morgan fingerprint density at radius 2 is 1.85 bits per heavy atom. The average molecular weight is 270 g/mol. The molecule has 0 atom stereocenters. The normalized spacial score (nSPS) is 10.2. The second kappa shape index (κ2) is 5.65. The van der Waals surface area contributed by atoms with Crippen molar-refractivity contribution in [3.05, 3.63) is 53.1 Å². The fourth-order valence-corrected chi connectivity index (χ4v) is 1.86. The van der Waals surface area contributed by atoms with Crippen LogP contribution in [0.1, 0.15) is 21.5 Å². The first-order valence-electron chi connectivity index (χ1n) is 6.33. The van der Waals surface area contributed by atoms with Crippen molar-refractivity contribution < 1.29 is 9.53 Å². The summed E-state index contributed by atoms with van der Waals surface area (Å²) in [5.41, 5.74) is 9.79. The van der Waals surface area contributed by atoms with Crippen molar-refractivity contribution in [1.82, 2.24) is 0 Å². The third-order valence-electron chi connectivity index (χ3n) is 3.28. The van der Waals surface area contributed by atoms with Crippen LogP contribution in [0.2, 0.25) is 0 Å². The zero-order chi connectivity index (χ0) is 14.7. The van der Waals surface area contributed by atoms with Gasteiger partial charge in [0.1, 0.15) is 5.75 Å². The minimum Gasteiger partial charge on any atom is -0.497 e. The predicted molar refractivity (Wildman–Crippen MR) is 81.3 cm³/mol. The first-order chi connectivity index (χ1) is 9.51. The van der Waals surface area contributed by atoms with Crippen LogP contribution in [0.25, 0.3) is 0 Å². The molecule has 0 spiro atoms. The second-order valence-electron chi connectivity index (χ2n) is 4.71. The molecule has 0 aromatic heterocycles. The Kier molecular flexibility index (Phi) is 3.94. The number of amides is 1. The van der Waals surface area contributed by atoms with Gasteiger partial charge in [0.05, 0.1) is 18.5 Å². The van der Waals surface area contributed by atoms with Crippen LogP contribution >= 0.6 is 0 Å². The summed E-state index contributed by atoms with van der Waals surface area (Å²) in [4.78, 5) is 12.2. The van der Waals surface area contributed by atoms with Gasteiger partial charge in [-0.25, -0.2) is 0 Å². The van der Waals surface area contributed by atoms with Gasteiger partial charge in [-0.2, -0.15) is 0 Å². The van der Waals surface area contributed by atoms with Crippen molar-refractivity contribution in [2.45, 2.75) is 13.8 Å². The summed E-state index contributed by atoms with van der Waals surface area (Å²) in [5, 5.41) is 2.80. The average Bonchev–Trinajstić information content (AvgIpc) is 2.43. The number of ether oxygens (including phenoxy) is 1. The van der Waals surface area contributed by atoms with Gasteiger partial charge in [0, 0.05) is 11.6 Å². The van der Waals surface area contributed by atoms with Crippen LogP contribution in [0.3, 0.4) is 0 Å². The van der Waals surface area contributed by atoms with E-state index in [4.69, 9.17) is 10.5 Å². The van der Waals surface area contributed by atoms with E-state index in [0.29, 0.717) is 22.7 Å². The minimum atomic E-state index is -0.176. The van der Waals surface area contributed by atoms with Gasteiger partial charge in [-0.15, -0.1) is 0 Å². The van der Waals surface area contributed by atoms with E-state index in [9.17, 15) is 4.79 Å². The molecule has 0 aliphatic rings. The molecule has 2 rings (SSSR count). The van der Waals surface area contributed by atoms with E-state index in [-0.39, 0.29) is 5.91 Å². The topological polar surface area (TPSA) is 64.3 Å². The molecule has 4 nitrogen and oxygen atoms in total. The van der Waals surface area contributed by atoms with Crippen LogP contribution in [0.5, 0.6) is 5.75 Å². The Labute approximate surface area is 118 Å². The number of benzene rings is 2. The van der Waals surface area contributed by atoms with Crippen LogP contribution in [0, 0.1) is 13.8 Å². The van der Waals surface area contributed by atoms with Crippen LogP contribution in [-0.4, -0.2) is 13.0 Å². The molecule has 2 aromatic carbocycles. The van der Waals surface area contributed by atoms with E-state index >= 15 is 0 Å². The first kappa shape index (κ1) is 13.9. The molecule has 0 unspecified atom stereocenters. The quantitative estimate of drug-likeness (QED) is 0.842. The van der Waals surface area contributed by atoms with E-state index < -0.39 is 0 Å². The van der Waals surface area contributed by atoms with Crippen LogP contribution in [0.15, 0.2) is 36.4 Å². The van der Waals surface area contributed by atoms with Gasteiger partial charge in [0.25, 0.3) is 5.91 Å². The summed E-state index contributed by atoms with van der Waals surface area (Å²) < 4.78 is 5.08. The summed E-state index contributed by atoms with van der Waals surface area (Å²) >= 11 is 0. The number of hydrogen-bond acceptors (Lipinski definition) is 3. The van der Waals surface area contributed by atoms with Crippen LogP contribution in [0.4, 0.5) is 11.4 Å². The summed E-state index contributed by atoms with van der Waals surface area (Å²) in [6.07, 6.45) is 0. The van der Waals surface area contributed by atoms with Gasteiger partial charge in [0.2, 0.25) is 0 Å². The van der Waals surface area contributed by atoms with E-state index in [1.54, 1.807) is 31.4 Å². The molecular weight excluding hydrogens is 252 g/mol. The third kappa shape index (κ3) is 2.91. The minimum absolute atomic E-state index is 0.176. The molecule has 0 saturated carbocycles. The lowest BCUT2D eigenvalue weighted by Crippen LogP contribution is -2.13. The Morgan fingerprint density at radius 1 is 1.10 bits per heavy atom. The largest absolute Gasteiger partial charge is 0.497 e. The molecule has 0 aliphatic heterocycles.